The second kappa shape index (κ2) is 10.9. The van der Waals surface area contributed by atoms with E-state index in [1.807, 2.05) is 0 Å². The Balaban J connectivity index is 0. The van der Waals surface area contributed by atoms with Crippen LogP contribution in [0.4, 0.5) is 0 Å². The van der Waals surface area contributed by atoms with Crippen LogP contribution in [0.5, 0.6) is 0 Å². The molecule has 0 heterocycles. The molecule has 1 unspecified atom stereocenters. The summed E-state index contributed by atoms with van der Waals surface area (Å²) in [6.45, 7) is 6.30. The number of rotatable bonds is 4. The van der Waals surface area contributed by atoms with Crippen molar-refractivity contribution in [2.24, 2.45) is 11.5 Å². The van der Waals surface area contributed by atoms with Crippen molar-refractivity contribution in [1.29, 1.82) is 0 Å². The van der Waals surface area contributed by atoms with Crippen molar-refractivity contribution < 1.29 is 5.11 Å². The maximum Gasteiger partial charge on any atom is 0.0483 e. The Kier molecular flexibility index (Phi) is 13.1. The minimum absolute atomic E-state index is 0.167. The Morgan fingerprint density at radius 3 is 1.92 bits per heavy atom. The Hall–Kier alpha value is -0.120. The summed E-state index contributed by atoms with van der Waals surface area (Å²) in [6.07, 6.45) is 3.08. The molecule has 0 saturated carbocycles. The highest BCUT2D eigenvalue weighted by Gasteiger charge is 1.96. The van der Waals surface area contributed by atoms with Crippen LogP contribution >= 0.6 is 0 Å². The average Bonchev–Trinajstić information content (AvgIpc) is 1.87. The Morgan fingerprint density at radius 2 is 1.67 bits per heavy atom. The topological polar surface area (TPSA) is 72.3 Å². The molecule has 0 aliphatic carbocycles. The van der Waals surface area contributed by atoms with E-state index in [4.69, 9.17) is 16.6 Å². The molecule has 0 aromatic heterocycles. The standard InChI is InChI=1S/C6H16N2.C3H8O/c1-2-3-6(8)4-5-7;1-3(2)4/h6H,2-5,7-8H2,1H3;3-4H,1-2H3. The fourth-order valence-electron chi connectivity index (χ4n) is 0.729. The van der Waals surface area contributed by atoms with E-state index in [1.165, 1.54) is 6.42 Å². The first kappa shape index (κ1) is 14.4. The van der Waals surface area contributed by atoms with E-state index < -0.39 is 0 Å². The van der Waals surface area contributed by atoms with E-state index in [1.54, 1.807) is 13.8 Å². The summed E-state index contributed by atoms with van der Waals surface area (Å²) in [5, 5.41) is 8.06. The zero-order valence-corrected chi connectivity index (χ0v) is 8.59. The lowest BCUT2D eigenvalue weighted by molar-refractivity contribution is 0.216. The normalized spacial score (nSPS) is 12.2. The number of hydrogen-bond donors (Lipinski definition) is 3. The molecule has 0 aliphatic rings. The van der Waals surface area contributed by atoms with Crippen LogP contribution < -0.4 is 11.5 Å². The quantitative estimate of drug-likeness (QED) is 0.594. The summed E-state index contributed by atoms with van der Waals surface area (Å²) in [5.41, 5.74) is 10.9. The lowest BCUT2D eigenvalue weighted by Crippen LogP contribution is -2.22. The van der Waals surface area contributed by atoms with Crippen LogP contribution in [0.3, 0.4) is 0 Å². The van der Waals surface area contributed by atoms with Gasteiger partial charge in [-0.25, -0.2) is 0 Å². The van der Waals surface area contributed by atoms with Gasteiger partial charge in [-0.15, -0.1) is 0 Å². The van der Waals surface area contributed by atoms with Crippen molar-refractivity contribution in [3.05, 3.63) is 0 Å². The monoisotopic (exact) mass is 176 g/mol. The molecular weight excluding hydrogens is 152 g/mol. The van der Waals surface area contributed by atoms with Crippen LogP contribution in [-0.4, -0.2) is 23.8 Å². The maximum absolute atomic E-state index is 8.06. The van der Waals surface area contributed by atoms with Gasteiger partial charge in [-0.2, -0.15) is 0 Å². The van der Waals surface area contributed by atoms with Crippen molar-refractivity contribution in [1.82, 2.24) is 0 Å². The molecule has 1 atom stereocenters. The van der Waals surface area contributed by atoms with Crippen LogP contribution in [0.2, 0.25) is 0 Å². The molecule has 0 aromatic rings. The second-order valence-electron chi connectivity index (χ2n) is 3.22. The third-order valence-electron chi connectivity index (χ3n) is 1.20. The smallest absolute Gasteiger partial charge is 0.0483 e. The molecule has 3 heteroatoms. The predicted octanol–water partition coefficient (Wildman–Crippen LogP) is 0.850. The van der Waals surface area contributed by atoms with Gasteiger partial charge in [0.1, 0.15) is 0 Å². The Morgan fingerprint density at radius 1 is 1.25 bits per heavy atom. The second-order valence-corrected chi connectivity index (χ2v) is 3.22. The summed E-state index contributed by atoms with van der Waals surface area (Å²) < 4.78 is 0. The minimum atomic E-state index is -0.167. The van der Waals surface area contributed by atoms with Gasteiger partial charge in [0.15, 0.2) is 0 Å². The number of aliphatic hydroxyl groups excluding tert-OH is 1. The fraction of sp³-hybridized carbons (Fsp3) is 1.00. The third kappa shape index (κ3) is 22.5. The summed E-state index contributed by atoms with van der Waals surface area (Å²) in [4.78, 5) is 0. The summed E-state index contributed by atoms with van der Waals surface area (Å²) in [7, 11) is 0. The highest BCUT2D eigenvalue weighted by molar-refractivity contribution is 4.59. The van der Waals surface area contributed by atoms with Crippen LogP contribution in [0.1, 0.15) is 40.0 Å². The summed E-state index contributed by atoms with van der Waals surface area (Å²) in [5.74, 6) is 0. The highest BCUT2D eigenvalue weighted by Crippen LogP contribution is 1.95. The van der Waals surface area contributed by atoms with Gasteiger partial charge >= 0.3 is 0 Å². The van der Waals surface area contributed by atoms with Crippen LogP contribution in [0.25, 0.3) is 0 Å². The van der Waals surface area contributed by atoms with E-state index in [2.05, 4.69) is 6.92 Å². The van der Waals surface area contributed by atoms with Gasteiger partial charge in [0.25, 0.3) is 0 Å². The Labute approximate surface area is 76.1 Å². The Bertz CT molecular complexity index is 68.2. The van der Waals surface area contributed by atoms with E-state index in [0.29, 0.717) is 6.04 Å². The van der Waals surface area contributed by atoms with Crippen molar-refractivity contribution in [3.8, 4) is 0 Å². The van der Waals surface area contributed by atoms with Gasteiger partial charge < -0.3 is 16.6 Å². The van der Waals surface area contributed by atoms with Crippen LogP contribution in [-0.2, 0) is 0 Å². The van der Waals surface area contributed by atoms with Crippen molar-refractivity contribution in [3.63, 3.8) is 0 Å². The molecule has 0 aromatic carbocycles. The third-order valence-corrected chi connectivity index (χ3v) is 1.20. The molecule has 0 saturated heterocycles. The molecule has 0 fully saturated rings. The fourth-order valence-corrected chi connectivity index (χ4v) is 0.729. The van der Waals surface area contributed by atoms with E-state index in [0.717, 1.165) is 19.4 Å². The maximum atomic E-state index is 8.06. The first-order valence-electron chi connectivity index (χ1n) is 4.68. The van der Waals surface area contributed by atoms with Crippen LogP contribution in [0, 0.1) is 0 Å². The zero-order chi connectivity index (χ0) is 9.98. The van der Waals surface area contributed by atoms with Crippen molar-refractivity contribution in [2.45, 2.75) is 52.2 Å². The lowest BCUT2D eigenvalue weighted by atomic mass is 10.1. The van der Waals surface area contributed by atoms with Crippen LogP contribution in [0.15, 0.2) is 0 Å². The largest absolute Gasteiger partial charge is 0.394 e. The molecule has 5 N–H and O–H groups in total. The molecule has 0 aliphatic heterocycles. The molecule has 0 rings (SSSR count). The SMILES string of the molecule is CC(C)O.CCCC(N)CCN. The predicted molar refractivity (Wildman–Crippen MR) is 53.9 cm³/mol. The first-order valence-corrected chi connectivity index (χ1v) is 4.68. The number of hydrogen-bond acceptors (Lipinski definition) is 3. The zero-order valence-electron chi connectivity index (χ0n) is 8.59. The molecule has 0 amide bonds. The highest BCUT2D eigenvalue weighted by atomic mass is 16.3. The van der Waals surface area contributed by atoms with E-state index in [-0.39, 0.29) is 6.10 Å². The van der Waals surface area contributed by atoms with Gasteiger partial charge in [0, 0.05) is 12.1 Å². The first-order chi connectivity index (χ1) is 5.54. The van der Waals surface area contributed by atoms with Gasteiger partial charge in [0.05, 0.1) is 0 Å². The molecular formula is C9H24N2O. The van der Waals surface area contributed by atoms with Gasteiger partial charge in [-0.05, 0) is 33.2 Å². The van der Waals surface area contributed by atoms with Crippen molar-refractivity contribution in [2.75, 3.05) is 6.54 Å². The summed E-state index contributed by atoms with van der Waals surface area (Å²) in [6, 6.07) is 0.338. The molecule has 0 radical (unpaired) electrons. The van der Waals surface area contributed by atoms with Gasteiger partial charge in [-0.3, -0.25) is 0 Å². The van der Waals surface area contributed by atoms with Gasteiger partial charge in [0.2, 0.25) is 0 Å². The van der Waals surface area contributed by atoms with E-state index in [9.17, 15) is 0 Å². The van der Waals surface area contributed by atoms with E-state index >= 15 is 0 Å². The molecule has 76 valence electrons. The molecule has 0 bridgehead atoms. The minimum Gasteiger partial charge on any atom is -0.394 e. The van der Waals surface area contributed by atoms with Gasteiger partial charge in [-0.1, -0.05) is 13.3 Å². The number of aliphatic hydroxyl groups is 1. The lowest BCUT2D eigenvalue weighted by Gasteiger charge is -2.05. The molecule has 0 spiro atoms. The van der Waals surface area contributed by atoms with Crippen molar-refractivity contribution >= 4 is 0 Å². The molecule has 12 heavy (non-hydrogen) atoms. The summed E-state index contributed by atoms with van der Waals surface area (Å²) >= 11 is 0. The molecule has 3 nitrogen and oxygen atoms in total. The average molecular weight is 176 g/mol. The number of nitrogens with two attached hydrogens (primary N) is 2.